The van der Waals surface area contributed by atoms with Crippen molar-refractivity contribution >= 4 is 19.9 Å². The topological polar surface area (TPSA) is 42.4 Å². The van der Waals surface area contributed by atoms with Crippen LogP contribution in [0.1, 0.15) is 32.6 Å². The number of aliphatic hydroxyl groups is 1. The van der Waals surface area contributed by atoms with E-state index in [0.29, 0.717) is 5.02 Å². The zero-order chi connectivity index (χ0) is 14.0. The van der Waals surface area contributed by atoms with Crippen molar-refractivity contribution in [3.8, 4) is 0 Å². The standard InChI is InChI=1S/C13H22ClNO2Si/c1-13(2,3)18(4,5)17-12(9-16)11-7-6-10(14)8-15-11/h6-8,12,16H,9H2,1-5H3/t12-/m0/s1. The lowest BCUT2D eigenvalue weighted by Crippen LogP contribution is -2.42. The molecule has 0 amide bonds. The van der Waals surface area contributed by atoms with Crippen LogP contribution in [0, 0.1) is 0 Å². The molecule has 3 nitrogen and oxygen atoms in total. The second-order valence-corrected chi connectivity index (χ2v) is 11.1. The van der Waals surface area contributed by atoms with Crippen molar-refractivity contribution < 1.29 is 9.53 Å². The molecule has 0 aliphatic carbocycles. The van der Waals surface area contributed by atoms with Gasteiger partial charge in [-0.1, -0.05) is 32.4 Å². The summed E-state index contributed by atoms with van der Waals surface area (Å²) in [5.74, 6) is 0. The molecule has 1 aromatic rings. The number of aromatic nitrogens is 1. The molecule has 1 rings (SSSR count). The average Bonchev–Trinajstić information content (AvgIpc) is 2.25. The number of aliphatic hydroxyl groups excluding tert-OH is 1. The van der Waals surface area contributed by atoms with Gasteiger partial charge in [-0.05, 0) is 30.3 Å². The van der Waals surface area contributed by atoms with Crippen LogP contribution in [0.25, 0.3) is 0 Å². The summed E-state index contributed by atoms with van der Waals surface area (Å²) in [7, 11) is -1.92. The number of hydrogen-bond acceptors (Lipinski definition) is 3. The smallest absolute Gasteiger partial charge is 0.193 e. The number of rotatable bonds is 4. The predicted octanol–water partition coefficient (Wildman–Crippen LogP) is 3.79. The highest BCUT2D eigenvalue weighted by atomic mass is 35.5. The lowest BCUT2D eigenvalue weighted by atomic mass is 10.2. The maximum atomic E-state index is 9.50. The molecule has 1 aromatic heterocycles. The maximum Gasteiger partial charge on any atom is 0.193 e. The van der Waals surface area contributed by atoms with Crippen LogP contribution in [0.4, 0.5) is 0 Å². The highest BCUT2D eigenvalue weighted by molar-refractivity contribution is 6.74. The van der Waals surface area contributed by atoms with E-state index in [1.807, 2.05) is 0 Å². The molecule has 0 saturated heterocycles. The monoisotopic (exact) mass is 287 g/mol. The van der Waals surface area contributed by atoms with Gasteiger partial charge in [-0.25, -0.2) is 0 Å². The number of nitrogens with zero attached hydrogens (tertiary/aromatic N) is 1. The van der Waals surface area contributed by atoms with Crippen molar-refractivity contribution in [3.05, 3.63) is 29.0 Å². The van der Waals surface area contributed by atoms with Crippen LogP contribution < -0.4 is 0 Å². The van der Waals surface area contributed by atoms with E-state index in [2.05, 4.69) is 38.8 Å². The van der Waals surface area contributed by atoms with Crippen molar-refractivity contribution in [3.63, 3.8) is 0 Å². The van der Waals surface area contributed by atoms with E-state index in [1.165, 1.54) is 0 Å². The van der Waals surface area contributed by atoms with Crippen LogP contribution in [0.5, 0.6) is 0 Å². The molecule has 0 radical (unpaired) electrons. The Labute approximate surface area is 115 Å². The second kappa shape index (κ2) is 5.69. The van der Waals surface area contributed by atoms with Crippen molar-refractivity contribution in [1.29, 1.82) is 0 Å². The van der Waals surface area contributed by atoms with E-state index in [0.717, 1.165) is 5.69 Å². The molecule has 18 heavy (non-hydrogen) atoms. The summed E-state index contributed by atoms with van der Waals surface area (Å²) in [6.07, 6.45) is 1.21. The third-order valence-corrected chi connectivity index (χ3v) is 8.20. The van der Waals surface area contributed by atoms with Gasteiger partial charge in [0.15, 0.2) is 8.32 Å². The Morgan fingerprint density at radius 3 is 2.39 bits per heavy atom. The summed E-state index contributed by atoms with van der Waals surface area (Å²) in [6, 6.07) is 3.57. The van der Waals surface area contributed by atoms with Crippen LogP contribution in [-0.2, 0) is 4.43 Å². The van der Waals surface area contributed by atoms with Crippen molar-refractivity contribution in [2.75, 3.05) is 6.61 Å². The molecule has 5 heteroatoms. The second-order valence-electron chi connectivity index (χ2n) is 5.95. The first-order valence-corrected chi connectivity index (χ1v) is 9.36. The molecule has 1 atom stereocenters. The van der Waals surface area contributed by atoms with Crippen LogP contribution in [0.15, 0.2) is 18.3 Å². The Morgan fingerprint density at radius 2 is 2.00 bits per heavy atom. The molecule has 0 saturated carbocycles. The van der Waals surface area contributed by atoms with E-state index in [9.17, 15) is 5.11 Å². The van der Waals surface area contributed by atoms with Crippen molar-refractivity contribution in [1.82, 2.24) is 4.98 Å². The fourth-order valence-electron chi connectivity index (χ4n) is 1.30. The van der Waals surface area contributed by atoms with Gasteiger partial charge in [0.2, 0.25) is 0 Å². The largest absolute Gasteiger partial charge is 0.406 e. The summed E-state index contributed by atoms with van der Waals surface area (Å²) in [5, 5.41) is 10.2. The van der Waals surface area contributed by atoms with E-state index in [1.54, 1.807) is 18.3 Å². The molecule has 0 spiro atoms. The van der Waals surface area contributed by atoms with E-state index in [4.69, 9.17) is 16.0 Å². The van der Waals surface area contributed by atoms with Gasteiger partial charge >= 0.3 is 0 Å². The van der Waals surface area contributed by atoms with Gasteiger partial charge in [0, 0.05) is 6.20 Å². The van der Waals surface area contributed by atoms with Crippen LogP contribution in [0.2, 0.25) is 23.2 Å². The van der Waals surface area contributed by atoms with Gasteiger partial charge in [-0.2, -0.15) is 0 Å². The van der Waals surface area contributed by atoms with E-state index >= 15 is 0 Å². The SMILES string of the molecule is CC(C)(C)[Si](C)(C)O[C@@H](CO)c1ccc(Cl)cn1. The Morgan fingerprint density at radius 1 is 1.39 bits per heavy atom. The zero-order valence-electron chi connectivity index (χ0n) is 11.7. The molecule has 102 valence electrons. The number of hydrogen-bond donors (Lipinski definition) is 1. The van der Waals surface area contributed by atoms with Gasteiger partial charge in [0.1, 0.15) is 6.10 Å². The van der Waals surface area contributed by atoms with Crippen LogP contribution in [0.3, 0.4) is 0 Å². The highest BCUT2D eigenvalue weighted by Gasteiger charge is 2.39. The van der Waals surface area contributed by atoms with E-state index < -0.39 is 8.32 Å². The molecular weight excluding hydrogens is 266 g/mol. The molecular formula is C13H22ClNO2Si. The van der Waals surface area contributed by atoms with E-state index in [-0.39, 0.29) is 17.7 Å². The Balaban J connectivity index is 2.89. The summed E-state index contributed by atoms with van der Waals surface area (Å²) < 4.78 is 6.16. The first kappa shape index (κ1) is 15.6. The normalized spacial score (nSPS) is 14.6. The van der Waals surface area contributed by atoms with Gasteiger partial charge in [-0.15, -0.1) is 0 Å². The molecule has 0 bridgehead atoms. The van der Waals surface area contributed by atoms with Gasteiger partial charge in [0.05, 0.1) is 17.3 Å². The maximum absolute atomic E-state index is 9.50. The molecule has 1 N–H and O–H groups in total. The highest BCUT2D eigenvalue weighted by Crippen LogP contribution is 2.39. The number of halogens is 1. The fraction of sp³-hybridized carbons (Fsp3) is 0.615. The van der Waals surface area contributed by atoms with Gasteiger partial charge < -0.3 is 9.53 Å². The number of pyridine rings is 1. The molecule has 0 aliphatic heterocycles. The zero-order valence-corrected chi connectivity index (χ0v) is 13.5. The van der Waals surface area contributed by atoms with Gasteiger partial charge in [0.25, 0.3) is 0 Å². The minimum Gasteiger partial charge on any atom is -0.406 e. The summed E-state index contributed by atoms with van der Waals surface area (Å²) in [4.78, 5) is 4.22. The molecule has 0 fully saturated rings. The quantitative estimate of drug-likeness (QED) is 0.857. The van der Waals surface area contributed by atoms with Gasteiger partial charge in [-0.3, -0.25) is 4.98 Å². The molecule has 0 aliphatic rings. The summed E-state index contributed by atoms with van der Waals surface area (Å²) >= 11 is 5.81. The lowest BCUT2D eigenvalue weighted by molar-refractivity contribution is 0.100. The summed E-state index contributed by atoms with van der Waals surface area (Å²) in [6.45, 7) is 10.8. The minimum atomic E-state index is -1.92. The third kappa shape index (κ3) is 3.78. The molecule has 1 heterocycles. The Bertz CT molecular complexity index is 387. The van der Waals surface area contributed by atoms with Crippen molar-refractivity contribution in [2.24, 2.45) is 0 Å². The first-order chi connectivity index (χ1) is 8.17. The van der Waals surface area contributed by atoms with Crippen LogP contribution in [-0.4, -0.2) is 25.0 Å². The fourth-order valence-corrected chi connectivity index (χ4v) is 2.67. The Hall–Kier alpha value is -0.423. The lowest BCUT2D eigenvalue weighted by Gasteiger charge is -2.38. The third-order valence-electron chi connectivity index (χ3n) is 3.49. The Kier molecular flexibility index (Phi) is 4.95. The molecule has 0 unspecified atom stereocenters. The predicted molar refractivity (Wildman–Crippen MR) is 77.4 cm³/mol. The minimum absolute atomic E-state index is 0.0683. The van der Waals surface area contributed by atoms with Crippen LogP contribution >= 0.6 is 11.6 Å². The van der Waals surface area contributed by atoms with Crippen molar-refractivity contribution in [2.45, 2.75) is 45.0 Å². The average molecular weight is 288 g/mol. The first-order valence-electron chi connectivity index (χ1n) is 6.07. The summed E-state index contributed by atoms with van der Waals surface area (Å²) in [5.41, 5.74) is 0.728. The molecule has 0 aromatic carbocycles.